The van der Waals surface area contributed by atoms with Crippen molar-refractivity contribution in [2.24, 2.45) is 0 Å². The van der Waals surface area contributed by atoms with Crippen LogP contribution in [0.1, 0.15) is 11.3 Å². The molecule has 0 radical (unpaired) electrons. The second kappa shape index (κ2) is 8.68. The Morgan fingerprint density at radius 1 is 1.10 bits per heavy atom. The molecule has 0 bridgehead atoms. The number of aromatic nitrogens is 1. The normalized spacial score (nSPS) is 12.4. The highest BCUT2D eigenvalue weighted by atomic mass is 16.6. The van der Waals surface area contributed by atoms with Crippen LogP contribution in [0.5, 0.6) is 17.2 Å². The summed E-state index contributed by atoms with van der Waals surface area (Å²) in [6.07, 6.45) is 0.866. The standard InChI is InChI=1S/C22H22N2O5/c1-26-18-4-2-3-16(13-18)20-14-17(24-29-20)7-8-23-22(25)12-15-5-6-19-21(11-15)28-10-9-27-19/h2-6,11,13-14H,7-10,12H2,1H3,(H,23,25). The van der Waals surface area contributed by atoms with Crippen molar-refractivity contribution < 1.29 is 23.5 Å². The first-order chi connectivity index (χ1) is 14.2. The van der Waals surface area contributed by atoms with Crippen molar-refractivity contribution in [1.82, 2.24) is 10.5 Å². The van der Waals surface area contributed by atoms with E-state index in [4.69, 9.17) is 18.7 Å². The molecule has 0 atom stereocenters. The number of amides is 1. The summed E-state index contributed by atoms with van der Waals surface area (Å²) in [5, 5.41) is 6.99. The van der Waals surface area contributed by atoms with Crippen molar-refractivity contribution in [3.63, 3.8) is 0 Å². The van der Waals surface area contributed by atoms with E-state index >= 15 is 0 Å². The first-order valence-electron chi connectivity index (χ1n) is 9.46. The van der Waals surface area contributed by atoms with Gasteiger partial charge in [0.15, 0.2) is 17.3 Å². The van der Waals surface area contributed by atoms with E-state index < -0.39 is 0 Å². The number of ether oxygens (including phenoxy) is 3. The highest BCUT2D eigenvalue weighted by Crippen LogP contribution is 2.30. The van der Waals surface area contributed by atoms with E-state index in [0.717, 1.165) is 28.3 Å². The average Bonchev–Trinajstić information content (AvgIpc) is 3.23. The number of fused-ring (bicyclic) bond motifs is 1. The van der Waals surface area contributed by atoms with Crippen LogP contribution in [0.2, 0.25) is 0 Å². The lowest BCUT2D eigenvalue weighted by atomic mass is 10.1. The van der Waals surface area contributed by atoms with E-state index in [0.29, 0.717) is 37.7 Å². The summed E-state index contributed by atoms with van der Waals surface area (Å²) in [6.45, 7) is 1.56. The third kappa shape index (κ3) is 4.68. The van der Waals surface area contributed by atoms with Crippen LogP contribution in [0.3, 0.4) is 0 Å². The number of hydrogen-bond donors (Lipinski definition) is 1. The molecule has 0 unspecified atom stereocenters. The summed E-state index contributed by atoms with van der Waals surface area (Å²) >= 11 is 0. The lowest BCUT2D eigenvalue weighted by molar-refractivity contribution is -0.120. The highest BCUT2D eigenvalue weighted by Gasteiger charge is 2.13. The van der Waals surface area contributed by atoms with E-state index in [-0.39, 0.29) is 12.3 Å². The molecular weight excluding hydrogens is 372 g/mol. The molecule has 29 heavy (non-hydrogen) atoms. The zero-order chi connectivity index (χ0) is 20.1. The second-order valence-corrected chi connectivity index (χ2v) is 6.67. The lowest BCUT2D eigenvalue weighted by Gasteiger charge is -2.18. The molecule has 7 nitrogen and oxygen atoms in total. The molecule has 1 aromatic heterocycles. The van der Waals surface area contributed by atoms with Crippen LogP contribution in [0.15, 0.2) is 53.1 Å². The van der Waals surface area contributed by atoms with Gasteiger partial charge in [0.05, 0.1) is 19.2 Å². The Morgan fingerprint density at radius 3 is 2.83 bits per heavy atom. The van der Waals surface area contributed by atoms with E-state index in [2.05, 4.69) is 10.5 Å². The van der Waals surface area contributed by atoms with Crippen LogP contribution in [-0.4, -0.2) is 37.9 Å². The molecule has 0 aliphatic carbocycles. The highest BCUT2D eigenvalue weighted by molar-refractivity contribution is 5.78. The van der Waals surface area contributed by atoms with E-state index in [9.17, 15) is 4.79 Å². The third-order valence-electron chi connectivity index (χ3n) is 4.59. The number of rotatable bonds is 7. The minimum Gasteiger partial charge on any atom is -0.497 e. The van der Waals surface area contributed by atoms with Crippen LogP contribution in [0.25, 0.3) is 11.3 Å². The number of nitrogens with zero attached hydrogens (tertiary/aromatic N) is 1. The average molecular weight is 394 g/mol. The molecule has 0 saturated carbocycles. The Hall–Kier alpha value is -3.48. The number of carbonyl (C=O) groups is 1. The van der Waals surface area contributed by atoms with Gasteiger partial charge in [-0.2, -0.15) is 0 Å². The molecule has 1 N–H and O–H groups in total. The van der Waals surface area contributed by atoms with Crippen molar-refractivity contribution in [3.05, 3.63) is 59.8 Å². The van der Waals surface area contributed by atoms with Gasteiger partial charge in [0.2, 0.25) is 5.91 Å². The monoisotopic (exact) mass is 394 g/mol. The summed E-state index contributed by atoms with van der Waals surface area (Å²) in [4.78, 5) is 12.2. The number of hydrogen-bond acceptors (Lipinski definition) is 6. The third-order valence-corrected chi connectivity index (χ3v) is 4.59. The van der Waals surface area contributed by atoms with Crippen LogP contribution in [0.4, 0.5) is 0 Å². The summed E-state index contributed by atoms with van der Waals surface area (Å²) < 4.78 is 21.7. The molecule has 0 spiro atoms. The van der Waals surface area contributed by atoms with Crippen LogP contribution < -0.4 is 19.5 Å². The van der Waals surface area contributed by atoms with Crippen molar-refractivity contribution in [2.75, 3.05) is 26.9 Å². The first kappa shape index (κ1) is 18.9. The molecule has 0 saturated heterocycles. The van der Waals surface area contributed by atoms with Crippen LogP contribution in [-0.2, 0) is 17.6 Å². The van der Waals surface area contributed by atoms with E-state index in [1.165, 1.54) is 0 Å². The summed E-state index contributed by atoms with van der Waals surface area (Å²) in [5.41, 5.74) is 2.56. The van der Waals surface area contributed by atoms with Gasteiger partial charge in [-0.05, 0) is 29.8 Å². The Balaban J connectivity index is 1.28. The van der Waals surface area contributed by atoms with Crippen LogP contribution >= 0.6 is 0 Å². The lowest BCUT2D eigenvalue weighted by Crippen LogP contribution is -2.27. The fourth-order valence-electron chi connectivity index (χ4n) is 3.12. The van der Waals surface area contributed by atoms with Gasteiger partial charge in [0.1, 0.15) is 19.0 Å². The molecule has 4 rings (SSSR count). The molecule has 2 heterocycles. The van der Waals surface area contributed by atoms with Crippen molar-refractivity contribution in [1.29, 1.82) is 0 Å². The topological polar surface area (TPSA) is 82.8 Å². The molecule has 0 fully saturated rings. The number of nitrogens with one attached hydrogen (secondary N) is 1. The quantitative estimate of drug-likeness (QED) is 0.663. The van der Waals surface area contributed by atoms with E-state index in [1.54, 1.807) is 7.11 Å². The Labute approximate surface area is 168 Å². The molecule has 1 amide bonds. The molecule has 150 valence electrons. The van der Waals surface area contributed by atoms with Gasteiger partial charge in [0.25, 0.3) is 0 Å². The molecule has 1 aliphatic heterocycles. The fourth-order valence-corrected chi connectivity index (χ4v) is 3.12. The van der Waals surface area contributed by atoms with Crippen LogP contribution in [0, 0.1) is 0 Å². The van der Waals surface area contributed by atoms with E-state index in [1.807, 2.05) is 48.5 Å². The van der Waals surface area contributed by atoms with Gasteiger partial charge in [-0.3, -0.25) is 4.79 Å². The molecule has 2 aromatic carbocycles. The van der Waals surface area contributed by atoms with Gasteiger partial charge in [0, 0.05) is 24.6 Å². The number of benzene rings is 2. The predicted molar refractivity (Wildman–Crippen MR) is 106 cm³/mol. The molecule has 3 aromatic rings. The van der Waals surface area contributed by atoms with Crippen molar-refractivity contribution in [3.8, 4) is 28.6 Å². The smallest absolute Gasteiger partial charge is 0.224 e. The fraction of sp³-hybridized carbons (Fsp3) is 0.273. The summed E-state index contributed by atoms with van der Waals surface area (Å²) in [6, 6.07) is 15.0. The summed E-state index contributed by atoms with van der Waals surface area (Å²) in [5.74, 6) is 2.78. The zero-order valence-corrected chi connectivity index (χ0v) is 16.1. The molecule has 7 heteroatoms. The predicted octanol–water partition coefficient (Wildman–Crippen LogP) is 3.02. The molecular formula is C22H22N2O5. The minimum absolute atomic E-state index is 0.0572. The van der Waals surface area contributed by atoms with Gasteiger partial charge in [-0.1, -0.05) is 23.4 Å². The number of carbonyl (C=O) groups excluding carboxylic acids is 1. The zero-order valence-electron chi connectivity index (χ0n) is 16.1. The van der Waals surface area contributed by atoms with Crippen molar-refractivity contribution in [2.45, 2.75) is 12.8 Å². The first-order valence-corrected chi connectivity index (χ1v) is 9.46. The van der Waals surface area contributed by atoms with Gasteiger partial charge in [-0.25, -0.2) is 0 Å². The minimum atomic E-state index is -0.0572. The van der Waals surface area contributed by atoms with Crippen molar-refractivity contribution >= 4 is 5.91 Å². The summed E-state index contributed by atoms with van der Waals surface area (Å²) in [7, 11) is 1.62. The SMILES string of the molecule is COc1cccc(-c2cc(CCNC(=O)Cc3ccc4c(c3)OCCO4)no2)c1. The molecule has 1 aliphatic rings. The van der Waals surface area contributed by atoms with Gasteiger partial charge >= 0.3 is 0 Å². The van der Waals surface area contributed by atoms with Gasteiger partial charge < -0.3 is 24.1 Å². The maximum atomic E-state index is 12.2. The Morgan fingerprint density at radius 2 is 1.97 bits per heavy atom. The second-order valence-electron chi connectivity index (χ2n) is 6.67. The number of methoxy groups -OCH3 is 1. The largest absolute Gasteiger partial charge is 0.497 e. The maximum absolute atomic E-state index is 12.2. The Bertz CT molecular complexity index is 998. The van der Waals surface area contributed by atoms with Gasteiger partial charge in [-0.15, -0.1) is 0 Å². The maximum Gasteiger partial charge on any atom is 0.224 e. The Kier molecular flexibility index (Phi) is 5.65.